The molecule has 0 spiro atoms. The Balaban J connectivity index is 1.19. The summed E-state index contributed by atoms with van der Waals surface area (Å²) in [6, 6.07) is 27.9. The number of thiophene rings is 1. The van der Waals surface area contributed by atoms with Crippen LogP contribution in [0.2, 0.25) is 0 Å². The Morgan fingerprint density at radius 1 is 0.833 bits per heavy atom. The molecule has 5 aromatic rings. The van der Waals surface area contributed by atoms with Crippen LogP contribution in [0.3, 0.4) is 0 Å². The summed E-state index contributed by atoms with van der Waals surface area (Å²) in [4.78, 5) is 14.8. The first-order valence-corrected chi connectivity index (χ1v) is 16.6. The van der Waals surface area contributed by atoms with Gasteiger partial charge in [0.1, 0.15) is 35.6 Å². The quantitative estimate of drug-likeness (QED) is 0.164. The van der Waals surface area contributed by atoms with Crippen molar-refractivity contribution in [3.63, 3.8) is 0 Å². The average molecular weight is 676 g/mol. The zero-order valence-electron chi connectivity index (χ0n) is 26.9. The highest BCUT2D eigenvalue weighted by Crippen LogP contribution is 2.48. The lowest BCUT2D eigenvalue weighted by Gasteiger charge is -2.33. The van der Waals surface area contributed by atoms with Gasteiger partial charge in [0.2, 0.25) is 0 Å². The second-order valence-electron chi connectivity index (χ2n) is 12.6. The molecule has 1 aliphatic rings. The summed E-state index contributed by atoms with van der Waals surface area (Å²) in [7, 11) is 0. The third kappa shape index (κ3) is 8.23. The highest BCUT2D eigenvalue weighted by molar-refractivity contribution is 7.22. The first-order chi connectivity index (χ1) is 22.9. The van der Waals surface area contributed by atoms with Crippen LogP contribution in [0, 0.1) is 0 Å². The van der Waals surface area contributed by atoms with E-state index < -0.39 is 17.3 Å². The predicted octanol–water partition coefficient (Wildman–Crippen LogP) is 10.7. The maximum absolute atomic E-state index is 13.3. The number of likely N-dealkylation sites (tertiary alicyclic amines) is 1. The van der Waals surface area contributed by atoms with Crippen molar-refractivity contribution in [1.29, 1.82) is 0 Å². The second kappa shape index (κ2) is 13.8. The van der Waals surface area contributed by atoms with Crippen LogP contribution >= 0.6 is 11.3 Å². The minimum Gasteiger partial charge on any atom is -0.490 e. The number of nitrogens with zero attached hydrogens (tertiary/aromatic N) is 1. The molecule has 1 saturated heterocycles. The Bertz CT molecular complexity index is 1840. The number of ether oxygens (including phenoxy) is 4. The highest BCUT2D eigenvalue weighted by Gasteiger charge is 2.31. The van der Waals surface area contributed by atoms with Gasteiger partial charge in [-0.25, -0.2) is 4.79 Å². The van der Waals surface area contributed by atoms with Crippen molar-refractivity contribution in [3.05, 3.63) is 108 Å². The summed E-state index contributed by atoms with van der Waals surface area (Å²) in [5.74, 6) is 2.46. The molecule has 0 bridgehead atoms. The molecule has 2 heterocycles. The Morgan fingerprint density at radius 3 is 2.12 bits per heavy atom. The lowest BCUT2D eigenvalue weighted by Crippen LogP contribution is -2.44. The molecule has 1 fully saturated rings. The van der Waals surface area contributed by atoms with Gasteiger partial charge in [-0.2, -0.15) is 13.2 Å². The minimum absolute atomic E-state index is 0.0409. The molecule has 0 radical (unpaired) electrons. The van der Waals surface area contributed by atoms with Crippen LogP contribution in [-0.2, 0) is 17.5 Å². The summed E-state index contributed by atoms with van der Waals surface area (Å²) in [6.45, 7) is 7.07. The van der Waals surface area contributed by atoms with E-state index in [1.54, 1.807) is 4.90 Å². The molecule has 48 heavy (non-hydrogen) atoms. The fraction of sp³-hybridized carbons (Fsp3) is 0.289. The molecule has 6 nitrogen and oxygen atoms in total. The Hall–Kier alpha value is -4.70. The molecule has 1 aliphatic heterocycles. The van der Waals surface area contributed by atoms with Gasteiger partial charge in [0.25, 0.3) is 0 Å². The van der Waals surface area contributed by atoms with Crippen LogP contribution in [0.25, 0.3) is 20.5 Å². The molecular formula is C38H36F3NO5S. The van der Waals surface area contributed by atoms with Crippen molar-refractivity contribution in [2.24, 2.45) is 0 Å². The van der Waals surface area contributed by atoms with E-state index in [2.05, 4.69) is 0 Å². The summed E-state index contributed by atoms with van der Waals surface area (Å²) in [5.41, 5.74) is 0.403. The molecule has 1 amide bonds. The van der Waals surface area contributed by atoms with Crippen molar-refractivity contribution < 1.29 is 36.9 Å². The van der Waals surface area contributed by atoms with Gasteiger partial charge in [0.15, 0.2) is 5.75 Å². The maximum Gasteiger partial charge on any atom is 0.416 e. The van der Waals surface area contributed by atoms with E-state index in [4.69, 9.17) is 18.9 Å². The number of fused-ring (bicyclic) bond motifs is 1. The van der Waals surface area contributed by atoms with Gasteiger partial charge in [0.05, 0.1) is 10.4 Å². The number of carbonyl (C=O) groups excluding carboxylic acids is 1. The Morgan fingerprint density at radius 2 is 1.48 bits per heavy atom. The highest BCUT2D eigenvalue weighted by atomic mass is 32.1. The van der Waals surface area contributed by atoms with Crippen molar-refractivity contribution >= 4 is 27.5 Å². The average Bonchev–Trinajstić information content (AvgIpc) is 3.41. The number of piperidine rings is 1. The van der Waals surface area contributed by atoms with Crippen LogP contribution < -0.4 is 14.2 Å². The van der Waals surface area contributed by atoms with Gasteiger partial charge in [-0.1, -0.05) is 42.5 Å². The number of hydrogen-bond acceptors (Lipinski definition) is 6. The summed E-state index contributed by atoms with van der Waals surface area (Å²) in [5, 5.41) is 0.819. The number of alkyl halides is 3. The van der Waals surface area contributed by atoms with Gasteiger partial charge < -0.3 is 23.8 Å². The van der Waals surface area contributed by atoms with E-state index in [1.807, 2.05) is 93.6 Å². The lowest BCUT2D eigenvalue weighted by molar-refractivity contribution is -0.137. The molecule has 0 aliphatic carbocycles. The van der Waals surface area contributed by atoms with E-state index in [-0.39, 0.29) is 12.2 Å². The summed E-state index contributed by atoms with van der Waals surface area (Å²) < 4.78 is 65.0. The van der Waals surface area contributed by atoms with Crippen molar-refractivity contribution in [3.8, 4) is 33.4 Å². The Kier molecular flexibility index (Phi) is 9.55. The molecule has 250 valence electrons. The fourth-order valence-corrected chi connectivity index (χ4v) is 6.53. The second-order valence-corrected chi connectivity index (χ2v) is 13.7. The van der Waals surface area contributed by atoms with E-state index in [1.165, 1.54) is 23.5 Å². The molecule has 0 N–H and O–H groups in total. The van der Waals surface area contributed by atoms with Gasteiger partial charge in [0, 0.05) is 36.0 Å². The molecule has 0 unspecified atom stereocenters. The zero-order chi connectivity index (χ0) is 33.9. The number of halogens is 3. The molecule has 4 aromatic carbocycles. The third-order valence-electron chi connectivity index (χ3n) is 7.78. The summed E-state index contributed by atoms with van der Waals surface area (Å²) in [6.07, 6.45) is -3.41. The number of amides is 1. The fourth-order valence-electron chi connectivity index (χ4n) is 5.37. The number of hydrogen-bond donors (Lipinski definition) is 0. The largest absolute Gasteiger partial charge is 0.490 e. The van der Waals surface area contributed by atoms with Crippen molar-refractivity contribution in [1.82, 2.24) is 4.90 Å². The predicted molar refractivity (Wildman–Crippen MR) is 181 cm³/mol. The van der Waals surface area contributed by atoms with Crippen LogP contribution in [-0.4, -0.2) is 35.8 Å². The van der Waals surface area contributed by atoms with Crippen LogP contribution in [0.1, 0.15) is 44.7 Å². The number of carbonyl (C=O) groups is 1. The summed E-state index contributed by atoms with van der Waals surface area (Å²) >= 11 is 1.43. The lowest BCUT2D eigenvalue weighted by atomic mass is 10.1. The van der Waals surface area contributed by atoms with Crippen LogP contribution in [0.4, 0.5) is 18.0 Å². The third-order valence-corrected chi connectivity index (χ3v) is 8.96. The molecule has 6 rings (SSSR count). The number of benzene rings is 4. The molecule has 0 atom stereocenters. The van der Waals surface area contributed by atoms with E-state index in [9.17, 15) is 18.0 Å². The molecular weight excluding hydrogens is 639 g/mol. The van der Waals surface area contributed by atoms with Crippen LogP contribution in [0.15, 0.2) is 97.1 Å². The van der Waals surface area contributed by atoms with Crippen molar-refractivity contribution in [2.45, 2.75) is 58.1 Å². The van der Waals surface area contributed by atoms with Gasteiger partial charge in [-0.05, 0) is 86.5 Å². The first kappa shape index (κ1) is 33.2. The normalized spacial score (nSPS) is 14.2. The smallest absolute Gasteiger partial charge is 0.416 e. The van der Waals surface area contributed by atoms with Crippen molar-refractivity contribution in [2.75, 3.05) is 13.1 Å². The van der Waals surface area contributed by atoms with E-state index in [0.29, 0.717) is 66.0 Å². The minimum atomic E-state index is -4.43. The van der Waals surface area contributed by atoms with E-state index in [0.717, 1.165) is 27.8 Å². The molecule has 0 saturated carbocycles. The Labute approximate surface area is 281 Å². The maximum atomic E-state index is 13.3. The number of rotatable bonds is 8. The first-order valence-electron chi connectivity index (χ1n) is 15.7. The SMILES string of the molecule is CC(C)(C)OC(=O)N1CCC(Oc2ccc(Oc3c(-c4ccc(C(F)(F)F)cc4)sc4cc(OCc5ccccc5)ccc34)cc2)CC1. The monoisotopic (exact) mass is 675 g/mol. The van der Waals surface area contributed by atoms with Gasteiger partial charge >= 0.3 is 12.3 Å². The van der Waals surface area contributed by atoms with Crippen LogP contribution in [0.5, 0.6) is 23.0 Å². The van der Waals surface area contributed by atoms with Gasteiger partial charge in [-0.15, -0.1) is 11.3 Å². The van der Waals surface area contributed by atoms with E-state index >= 15 is 0 Å². The molecule has 1 aromatic heterocycles. The standard InChI is InChI=1S/C38H36F3NO5S/c1-37(2,3)47-36(43)42-21-19-30(20-22-42)45-28-13-15-29(16-14-28)46-34-32-18-17-31(44-24-25-7-5-4-6-8-25)23-33(32)48-35(34)26-9-11-27(12-10-26)38(39,40)41/h4-18,23,30H,19-22,24H2,1-3H3. The topological polar surface area (TPSA) is 57.2 Å². The molecule has 10 heteroatoms. The zero-order valence-corrected chi connectivity index (χ0v) is 27.7. The van der Waals surface area contributed by atoms with Gasteiger partial charge in [-0.3, -0.25) is 0 Å².